The van der Waals surface area contributed by atoms with Gasteiger partial charge in [0.25, 0.3) is 5.92 Å². The van der Waals surface area contributed by atoms with Crippen molar-refractivity contribution in [3.63, 3.8) is 0 Å². The largest absolute Gasteiger partial charge is 0.370 e. The van der Waals surface area contributed by atoms with E-state index in [2.05, 4.69) is 70.9 Å². The van der Waals surface area contributed by atoms with Crippen molar-refractivity contribution in [3.8, 4) is 0 Å². The van der Waals surface area contributed by atoms with Crippen molar-refractivity contribution in [3.05, 3.63) is 123 Å². The van der Waals surface area contributed by atoms with Crippen LogP contribution in [0, 0.1) is 25.1 Å². The summed E-state index contributed by atoms with van der Waals surface area (Å²) in [6, 6.07) is 8.84. The first-order chi connectivity index (χ1) is 21.9. The molecule has 0 aliphatic carbocycles. The zero-order valence-electron chi connectivity index (χ0n) is 30.8. The Morgan fingerprint density at radius 3 is 2.23 bits per heavy atom. The first-order valence-electron chi connectivity index (χ1n) is 17.2. The van der Waals surface area contributed by atoms with Gasteiger partial charge in [-0.3, -0.25) is 0 Å². The number of rotatable bonds is 13. The van der Waals surface area contributed by atoms with Gasteiger partial charge in [0.2, 0.25) is 0 Å². The molecule has 0 bridgehead atoms. The fourth-order valence-corrected chi connectivity index (χ4v) is 6.76. The van der Waals surface area contributed by atoms with Gasteiger partial charge in [-0.05, 0) is 91.5 Å². The Hall–Kier alpha value is -3.47. The van der Waals surface area contributed by atoms with Crippen LogP contribution >= 0.6 is 0 Å². The highest BCUT2D eigenvalue weighted by Gasteiger charge is 2.32. The fraction of sp³-hybridized carbons (Fsp3) is 0.476. The van der Waals surface area contributed by atoms with E-state index in [0.29, 0.717) is 17.7 Å². The number of benzene rings is 2. The number of halogens is 3. The quantitative estimate of drug-likeness (QED) is 0.200. The van der Waals surface area contributed by atoms with Gasteiger partial charge in [-0.15, -0.1) is 0 Å². The maximum absolute atomic E-state index is 14.9. The zero-order valence-corrected chi connectivity index (χ0v) is 30.8. The van der Waals surface area contributed by atoms with Gasteiger partial charge in [0.1, 0.15) is 5.82 Å². The molecule has 0 amide bonds. The molecule has 3 rings (SSSR count). The third-order valence-corrected chi connectivity index (χ3v) is 10.4. The SMILES string of the molecule is C=C(/C(C(=C)N1/C=C\C(CC)=C(\CC)C(C)c2cc(C(C)(F)F)ccc21)=C(/C)C(C)(C)CCCC)N(C)Cc1ccc(C)c(F)c1C. The van der Waals surface area contributed by atoms with Gasteiger partial charge in [0, 0.05) is 60.9 Å². The standard InChI is InChI=1S/C42H57F3N2/c1-14-17-23-41(10,11)30(7)39(31(8)46(13)26-34-19-18-27(4)40(43)28(34)5)32(9)47-24-22-33(15-2)36(16-3)29(6)37-25-35(42(12,44)45)20-21-38(37)47/h18-22,24-25,29H,8-9,14-17,23,26H2,1-7,10-13H3/b24-22-,36-33-,39-30+. The van der Waals surface area contributed by atoms with Crippen LogP contribution in [0.25, 0.3) is 0 Å². The number of hydrogen-bond acceptors (Lipinski definition) is 2. The van der Waals surface area contributed by atoms with Gasteiger partial charge in [0.05, 0.1) is 0 Å². The average Bonchev–Trinajstić information content (AvgIpc) is 3.02. The van der Waals surface area contributed by atoms with Crippen LogP contribution in [0.4, 0.5) is 18.9 Å². The van der Waals surface area contributed by atoms with Crippen LogP contribution < -0.4 is 4.90 Å². The number of fused-ring (bicyclic) bond motifs is 1. The minimum atomic E-state index is -2.96. The number of hydrogen-bond donors (Lipinski definition) is 0. The van der Waals surface area contributed by atoms with Crippen LogP contribution in [0.3, 0.4) is 0 Å². The summed E-state index contributed by atoms with van der Waals surface area (Å²) in [6.07, 6.45) is 9.02. The van der Waals surface area contributed by atoms with E-state index in [9.17, 15) is 13.2 Å². The number of unbranched alkanes of at least 4 members (excludes halogenated alkanes) is 1. The molecular formula is C42H57F3N2. The lowest BCUT2D eigenvalue weighted by Crippen LogP contribution is -2.28. The Morgan fingerprint density at radius 2 is 1.66 bits per heavy atom. The second-order valence-corrected chi connectivity index (χ2v) is 14.0. The van der Waals surface area contributed by atoms with Crippen molar-refractivity contribution in [1.82, 2.24) is 4.90 Å². The predicted octanol–water partition coefficient (Wildman–Crippen LogP) is 12.8. The maximum Gasteiger partial charge on any atom is 0.270 e. The predicted molar refractivity (Wildman–Crippen MR) is 195 cm³/mol. The molecule has 0 saturated carbocycles. The third-order valence-electron chi connectivity index (χ3n) is 10.4. The minimum Gasteiger partial charge on any atom is -0.370 e. The van der Waals surface area contributed by atoms with Crippen LogP contribution in [0.1, 0.15) is 121 Å². The molecule has 0 N–H and O–H groups in total. The van der Waals surface area contributed by atoms with Crippen molar-refractivity contribution in [2.24, 2.45) is 5.41 Å². The first-order valence-corrected chi connectivity index (χ1v) is 17.2. The second kappa shape index (κ2) is 15.2. The van der Waals surface area contributed by atoms with E-state index in [1.807, 2.05) is 38.4 Å². The monoisotopic (exact) mass is 646 g/mol. The lowest BCUT2D eigenvalue weighted by Gasteiger charge is -2.37. The van der Waals surface area contributed by atoms with E-state index in [4.69, 9.17) is 6.58 Å². The number of likely N-dealkylation sites (N-methyl/N-ethyl adjacent to an activating group) is 1. The number of allylic oxidation sites excluding steroid dienone is 4. The van der Waals surface area contributed by atoms with E-state index < -0.39 is 5.92 Å². The molecular weight excluding hydrogens is 589 g/mol. The van der Waals surface area contributed by atoms with Crippen LogP contribution in [0.15, 0.2) is 89.5 Å². The summed E-state index contributed by atoms with van der Waals surface area (Å²) in [5, 5.41) is 0. The molecule has 1 atom stereocenters. The average molecular weight is 647 g/mol. The molecule has 0 saturated heterocycles. The Bertz CT molecular complexity index is 1580. The lowest BCUT2D eigenvalue weighted by molar-refractivity contribution is 0.0174. The molecule has 0 aromatic heterocycles. The molecule has 256 valence electrons. The lowest BCUT2D eigenvalue weighted by atomic mass is 9.77. The maximum atomic E-state index is 14.9. The number of anilines is 1. The van der Waals surface area contributed by atoms with Gasteiger partial charge < -0.3 is 9.80 Å². The van der Waals surface area contributed by atoms with Gasteiger partial charge in [-0.25, -0.2) is 13.2 Å². The smallest absolute Gasteiger partial charge is 0.270 e. The van der Waals surface area contributed by atoms with Gasteiger partial charge in [-0.2, -0.15) is 0 Å². The normalized spacial score (nSPS) is 18.3. The molecule has 0 spiro atoms. The van der Waals surface area contributed by atoms with Gasteiger partial charge in [-0.1, -0.05) is 96.9 Å². The Kier molecular flexibility index (Phi) is 12.3. The molecule has 47 heavy (non-hydrogen) atoms. The molecule has 2 aromatic carbocycles. The van der Waals surface area contributed by atoms with Crippen molar-refractivity contribution in [2.75, 3.05) is 11.9 Å². The third kappa shape index (κ3) is 8.16. The summed E-state index contributed by atoms with van der Waals surface area (Å²) in [4.78, 5) is 4.14. The molecule has 1 aliphatic rings. The number of alkyl halides is 2. The van der Waals surface area contributed by atoms with E-state index in [1.165, 1.54) is 17.2 Å². The van der Waals surface area contributed by atoms with Crippen LogP contribution in [0.5, 0.6) is 0 Å². The van der Waals surface area contributed by atoms with E-state index in [0.717, 1.165) is 78.4 Å². The highest BCUT2D eigenvalue weighted by Crippen LogP contribution is 2.45. The summed E-state index contributed by atoms with van der Waals surface area (Å²) in [5.74, 6) is -3.21. The summed E-state index contributed by atoms with van der Waals surface area (Å²) in [6.45, 7) is 29.6. The van der Waals surface area contributed by atoms with E-state index >= 15 is 0 Å². The first kappa shape index (κ1) is 38.0. The summed E-state index contributed by atoms with van der Waals surface area (Å²) < 4.78 is 44.3. The van der Waals surface area contributed by atoms with Crippen molar-refractivity contribution in [2.45, 2.75) is 120 Å². The number of nitrogens with zero attached hydrogens (tertiary/aromatic N) is 2. The van der Waals surface area contributed by atoms with Crippen LogP contribution in [-0.2, 0) is 12.5 Å². The highest BCUT2D eigenvalue weighted by molar-refractivity contribution is 5.70. The molecule has 5 heteroatoms. The molecule has 1 aliphatic heterocycles. The minimum absolute atomic E-state index is 0.00389. The second-order valence-electron chi connectivity index (χ2n) is 14.0. The van der Waals surface area contributed by atoms with Gasteiger partial charge in [0.15, 0.2) is 0 Å². The molecule has 2 aromatic rings. The summed E-state index contributed by atoms with van der Waals surface area (Å²) in [5.41, 5.74) is 9.72. The Balaban J connectivity index is 2.28. The Labute approximate surface area is 283 Å². The molecule has 0 radical (unpaired) electrons. The number of aryl methyl sites for hydroxylation is 1. The van der Waals surface area contributed by atoms with Crippen molar-refractivity contribution >= 4 is 5.69 Å². The zero-order chi connectivity index (χ0) is 35.4. The van der Waals surface area contributed by atoms with Crippen LogP contribution in [0.2, 0.25) is 0 Å². The van der Waals surface area contributed by atoms with Gasteiger partial charge >= 0.3 is 0 Å². The summed E-state index contributed by atoms with van der Waals surface area (Å²) in [7, 11) is 1.99. The Morgan fingerprint density at radius 1 is 1.00 bits per heavy atom. The fourth-order valence-electron chi connectivity index (χ4n) is 6.76. The topological polar surface area (TPSA) is 6.48 Å². The summed E-state index contributed by atoms with van der Waals surface area (Å²) >= 11 is 0. The molecule has 2 nitrogen and oxygen atoms in total. The van der Waals surface area contributed by atoms with E-state index in [1.54, 1.807) is 13.0 Å². The highest BCUT2D eigenvalue weighted by atomic mass is 19.3. The van der Waals surface area contributed by atoms with Crippen LogP contribution in [-0.4, -0.2) is 11.9 Å². The molecule has 1 unspecified atom stereocenters. The van der Waals surface area contributed by atoms with Crippen molar-refractivity contribution < 1.29 is 13.2 Å². The molecule has 0 fully saturated rings. The van der Waals surface area contributed by atoms with Crippen molar-refractivity contribution in [1.29, 1.82) is 0 Å². The molecule has 1 heterocycles. The van der Waals surface area contributed by atoms with E-state index in [-0.39, 0.29) is 22.7 Å².